The molecule has 1 aromatic rings. The minimum absolute atomic E-state index is 0.0109. The van der Waals surface area contributed by atoms with E-state index in [-0.39, 0.29) is 141 Å². The summed E-state index contributed by atoms with van der Waals surface area (Å²) in [5.74, 6) is -20.1. The summed E-state index contributed by atoms with van der Waals surface area (Å²) >= 11 is 0. The summed E-state index contributed by atoms with van der Waals surface area (Å²) in [6.07, 6.45) is -4.24. The zero-order chi connectivity index (χ0) is 77.2. The number of carbonyl (C=O) groups excluding carboxylic acids is 7. The highest BCUT2D eigenvalue weighted by atomic mass is 28.4. The lowest BCUT2D eigenvalue weighted by molar-refractivity contribution is -0.147. The lowest BCUT2D eigenvalue weighted by atomic mass is 9.90. The van der Waals surface area contributed by atoms with E-state index in [0.29, 0.717) is 5.19 Å². The molecule has 5 amide bonds. The monoisotopic (exact) mass is 1470 g/mol. The van der Waals surface area contributed by atoms with E-state index in [1.54, 1.807) is 41.5 Å². The number of carboxylic acid groups (broad SMARTS) is 9. The molecule has 6 atom stereocenters. The number of unbranched alkanes of at least 4 members (excludes halogenated alkanes) is 2. The van der Waals surface area contributed by atoms with Gasteiger partial charge in [-0.1, -0.05) is 60.1 Å². The van der Waals surface area contributed by atoms with Gasteiger partial charge in [-0.25, -0.2) is 9.59 Å². The molecule has 0 radical (unpaired) electrons. The Kier molecular flexibility index (Phi) is 38.3. The third kappa shape index (κ3) is 33.3. The van der Waals surface area contributed by atoms with Crippen molar-refractivity contribution in [1.29, 1.82) is 0 Å². The minimum Gasteiger partial charge on any atom is -0.481 e. The number of rotatable bonds is 46. The molecule has 34 nitrogen and oxygen atoms in total. The second-order valence-electron chi connectivity index (χ2n) is 27.5. The van der Waals surface area contributed by atoms with Gasteiger partial charge in [-0.2, -0.15) is 0 Å². The van der Waals surface area contributed by atoms with E-state index in [2.05, 4.69) is 26.6 Å². The zero-order valence-electron chi connectivity index (χ0n) is 58.7. The first-order valence-corrected chi connectivity index (χ1v) is 35.6. The average Bonchev–Trinajstić information content (AvgIpc) is 0.748. The zero-order valence-corrected chi connectivity index (χ0v) is 59.7. The van der Waals surface area contributed by atoms with Crippen molar-refractivity contribution >= 4 is 108 Å². The summed E-state index contributed by atoms with van der Waals surface area (Å²) in [5.41, 5.74) is -0.0282. The molecule has 1 aliphatic rings. The molecule has 102 heavy (non-hydrogen) atoms. The van der Waals surface area contributed by atoms with Crippen molar-refractivity contribution in [2.24, 2.45) is 11.8 Å². The molecule has 14 N–H and O–H groups in total. The Hall–Kier alpha value is -8.87. The Morgan fingerprint density at radius 3 is 1.31 bits per heavy atom. The van der Waals surface area contributed by atoms with Crippen LogP contribution in [0.25, 0.3) is 0 Å². The topological polar surface area (TPSA) is 528 Å². The van der Waals surface area contributed by atoms with Crippen molar-refractivity contribution in [3.63, 3.8) is 0 Å². The standard InChI is InChI=1S/C66H102FN9O25Si/c1-65(2,3)102(67,66(4,5)6)46-19-14-41(15-20-46)58(90)72-49(37-69-52(80)24-21-50(64(100)101)76-33-31-74(39-56(86)87)29-27-73(38-55(84)85)28-30-75(32-34-76)40-57(88)89)59(91)71-48(63(98)99)13-9-10-26-68-51(79)23-18-44(77)11-7-8-12-47(62(96)97)70-53(81)22-16-42(60(92)93)35-45(78)36-43(61(94)95)17-25-54(82)83/h14-15,19-20,42-43,47-50H,7-13,16-18,21-40H2,1-6H3,(H,68,79)(H,69,80)(H,70,81)(H,71,91)(H,72,90)(H,82,83)(H,84,85)(H,86,87)(H,88,89)(H,92,93)(H,94,95)(H,96,97)(H,98,99)(H,100,101)/t42-,43-,47-,48+,49-,50+/m1/s1. The summed E-state index contributed by atoms with van der Waals surface area (Å²) in [4.78, 5) is 205. The van der Waals surface area contributed by atoms with Crippen LogP contribution in [0.5, 0.6) is 0 Å². The molecule has 0 aliphatic carbocycles. The molecule has 1 aromatic carbocycles. The number of hydrogen-bond acceptors (Lipinski definition) is 20. The third-order valence-corrected chi connectivity index (χ3v) is 22.7. The van der Waals surface area contributed by atoms with Crippen molar-refractivity contribution in [3.8, 4) is 0 Å². The van der Waals surface area contributed by atoms with Crippen LogP contribution >= 0.6 is 0 Å². The fourth-order valence-electron chi connectivity index (χ4n) is 12.0. The van der Waals surface area contributed by atoms with Crippen LogP contribution in [0.15, 0.2) is 24.3 Å². The Morgan fingerprint density at radius 1 is 0.431 bits per heavy atom. The van der Waals surface area contributed by atoms with Crippen LogP contribution in [0.2, 0.25) is 10.1 Å². The van der Waals surface area contributed by atoms with Crippen molar-refractivity contribution < 1.29 is 127 Å². The highest BCUT2D eigenvalue weighted by Crippen LogP contribution is 2.51. The van der Waals surface area contributed by atoms with Gasteiger partial charge >= 0.3 is 53.7 Å². The van der Waals surface area contributed by atoms with Crippen molar-refractivity contribution in [2.45, 2.75) is 185 Å². The van der Waals surface area contributed by atoms with E-state index < -0.39 is 208 Å². The SMILES string of the molecule is CC(C)(C)[Si](F)(c1ccc(C(=O)N[C@H](CNC(=O)CC[C@@H](C(=O)O)N2CCN(CC(=O)O)CCN(CC(=O)O)CCN(CC(=O)O)CC2)C(=O)N[C@@H](CCCCNC(=O)CCC(=O)CCCC[C@@H](NC(=O)CC[C@H](CC(=O)C[C@@H](CCC(=O)O)C(=O)O)C(=O)O)C(=O)O)C(=O)O)cc1)C(C)(C)C. The van der Waals surface area contributed by atoms with Crippen molar-refractivity contribution in [3.05, 3.63) is 29.8 Å². The predicted molar refractivity (Wildman–Crippen MR) is 362 cm³/mol. The first-order valence-electron chi connectivity index (χ1n) is 33.7. The van der Waals surface area contributed by atoms with Crippen LogP contribution in [0.1, 0.15) is 161 Å². The molecule has 0 saturated carbocycles. The van der Waals surface area contributed by atoms with Gasteiger partial charge in [0.1, 0.15) is 35.7 Å². The second kappa shape index (κ2) is 43.8. The lowest BCUT2D eigenvalue weighted by Gasteiger charge is -2.44. The Bertz CT molecular complexity index is 3040. The molecule has 1 fully saturated rings. The number of aliphatic carboxylic acids is 9. The number of nitrogens with one attached hydrogen (secondary N) is 5. The number of Topliss-reactive ketones (excluding diaryl/α,β-unsaturated/α-hetero) is 2. The van der Waals surface area contributed by atoms with E-state index in [1.807, 2.05) is 0 Å². The normalized spacial score (nSPS) is 15.8. The first kappa shape index (κ1) is 89.2. The molecule has 0 bridgehead atoms. The molecule has 0 unspecified atom stereocenters. The molecule has 1 saturated heterocycles. The number of carbonyl (C=O) groups is 16. The van der Waals surface area contributed by atoms with Gasteiger partial charge in [-0.3, -0.25) is 86.7 Å². The van der Waals surface area contributed by atoms with Crippen LogP contribution in [0.3, 0.4) is 0 Å². The maximum absolute atomic E-state index is 17.2. The fraction of sp³-hybridized carbons (Fsp3) is 0.667. The fourth-order valence-corrected chi connectivity index (χ4v) is 16.6. The van der Waals surface area contributed by atoms with E-state index in [4.69, 9.17) is 5.11 Å². The summed E-state index contributed by atoms with van der Waals surface area (Å²) in [5, 5.41) is 98.2. The number of benzene rings is 1. The van der Waals surface area contributed by atoms with Gasteiger partial charge in [-0.05, 0) is 78.8 Å². The Balaban J connectivity index is 2.13. The molecule has 572 valence electrons. The maximum atomic E-state index is 17.2. The van der Waals surface area contributed by atoms with E-state index >= 15 is 4.11 Å². The highest BCUT2D eigenvalue weighted by Gasteiger charge is 2.56. The van der Waals surface area contributed by atoms with Crippen LogP contribution in [0.4, 0.5) is 4.11 Å². The average molecular weight is 1470 g/mol. The van der Waals surface area contributed by atoms with Gasteiger partial charge in [0.15, 0.2) is 0 Å². The second-order valence-corrected chi connectivity index (χ2v) is 32.4. The highest BCUT2D eigenvalue weighted by molar-refractivity contribution is 6.90. The van der Waals surface area contributed by atoms with Crippen molar-refractivity contribution in [2.75, 3.05) is 85.1 Å². The number of ketones is 2. The van der Waals surface area contributed by atoms with Gasteiger partial charge in [0.2, 0.25) is 23.6 Å². The molecule has 1 heterocycles. The Labute approximate surface area is 591 Å². The van der Waals surface area contributed by atoms with Crippen LogP contribution in [-0.2, 0) is 71.9 Å². The molecule has 1 aliphatic heterocycles. The van der Waals surface area contributed by atoms with E-state index in [0.717, 1.165) is 0 Å². The third-order valence-electron chi connectivity index (χ3n) is 17.4. The smallest absolute Gasteiger partial charge is 0.326 e. The summed E-state index contributed by atoms with van der Waals surface area (Å²) in [6, 6.07) is -0.401. The van der Waals surface area contributed by atoms with Crippen LogP contribution < -0.4 is 31.8 Å². The molecule has 0 spiro atoms. The van der Waals surface area contributed by atoms with Gasteiger partial charge in [0.25, 0.3) is 14.3 Å². The maximum Gasteiger partial charge on any atom is 0.326 e. The number of nitrogens with zero attached hydrogens (tertiary/aromatic N) is 4. The first-order chi connectivity index (χ1) is 47.5. The molecular weight excluding hydrogens is 1370 g/mol. The molecule has 36 heteroatoms. The number of amides is 5. The van der Waals surface area contributed by atoms with E-state index in [1.165, 1.54) is 43.9 Å². The van der Waals surface area contributed by atoms with Crippen molar-refractivity contribution in [1.82, 2.24) is 46.2 Å². The number of halogens is 1. The molecular formula is C66H102FN9O25Si. The Morgan fingerprint density at radius 2 is 0.873 bits per heavy atom. The minimum atomic E-state index is -3.81. The lowest BCUT2D eigenvalue weighted by Crippen LogP contribution is -2.58. The largest absolute Gasteiger partial charge is 0.481 e. The van der Waals surface area contributed by atoms with Crippen LogP contribution in [0, 0.1) is 11.8 Å². The number of carboxylic acids is 9. The van der Waals surface area contributed by atoms with Gasteiger partial charge in [-0.15, -0.1) is 0 Å². The van der Waals surface area contributed by atoms with Gasteiger partial charge in [0.05, 0.1) is 31.5 Å². The summed E-state index contributed by atoms with van der Waals surface area (Å²) in [7, 11) is -3.81. The van der Waals surface area contributed by atoms with E-state index in [9.17, 15) is 118 Å². The molecule has 0 aromatic heterocycles. The molecule has 2 rings (SSSR count). The summed E-state index contributed by atoms with van der Waals surface area (Å²) < 4.78 is 17.2. The van der Waals surface area contributed by atoms with Gasteiger partial charge < -0.3 is 76.7 Å². The van der Waals surface area contributed by atoms with Gasteiger partial charge in [0, 0.05) is 122 Å². The quantitative estimate of drug-likeness (QED) is 0.0246. The number of hydrogen-bond donors (Lipinski definition) is 14. The van der Waals surface area contributed by atoms with Crippen LogP contribution in [-0.4, -0.2) is 278 Å². The summed E-state index contributed by atoms with van der Waals surface area (Å²) in [6.45, 7) is 8.74. The predicted octanol–water partition coefficient (Wildman–Crippen LogP) is 1.06.